The van der Waals surface area contributed by atoms with Gasteiger partial charge in [-0.2, -0.15) is 0 Å². The van der Waals surface area contributed by atoms with Gasteiger partial charge in [0.15, 0.2) is 9.84 Å². The molecule has 2 heterocycles. The highest BCUT2D eigenvalue weighted by Gasteiger charge is 2.50. The summed E-state index contributed by atoms with van der Waals surface area (Å²) in [5.74, 6) is 0.371. The second kappa shape index (κ2) is 5.83. The second-order valence-corrected chi connectivity index (χ2v) is 9.29. The Hall–Kier alpha value is -1.11. The highest BCUT2D eigenvalue weighted by molar-refractivity contribution is 7.91. The summed E-state index contributed by atoms with van der Waals surface area (Å²) in [6.45, 7) is 3.79. The van der Waals surface area contributed by atoms with E-state index in [9.17, 15) is 18.0 Å². The lowest BCUT2D eigenvalue weighted by Crippen LogP contribution is -2.41. The van der Waals surface area contributed by atoms with E-state index in [-0.39, 0.29) is 41.2 Å². The Morgan fingerprint density at radius 3 is 2.36 bits per heavy atom. The maximum Gasteiger partial charge on any atom is 0.226 e. The van der Waals surface area contributed by atoms with Gasteiger partial charge in [-0.25, -0.2) is 8.42 Å². The highest BCUT2D eigenvalue weighted by Crippen LogP contribution is 2.41. The SMILES string of the molecule is CC1CCN(C(=O)C2CC2C(=O)NC2CCS(=O)(=O)C2)CC1. The Kier molecular flexibility index (Phi) is 4.18. The van der Waals surface area contributed by atoms with Gasteiger partial charge < -0.3 is 10.2 Å². The third-order valence-corrected chi connectivity index (χ3v) is 6.89. The smallest absolute Gasteiger partial charge is 0.226 e. The summed E-state index contributed by atoms with van der Waals surface area (Å²) < 4.78 is 22.8. The van der Waals surface area contributed by atoms with Gasteiger partial charge in [0.05, 0.1) is 23.3 Å². The molecule has 3 aliphatic rings. The largest absolute Gasteiger partial charge is 0.352 e. The lowest BCUT2D eigenvalue weighted by atomic mass is 9.99. The molecule has 3 fully saturated rings. The summed E-state index contributed by atoms with van der Waals surface area (Å²) in [5.41, 5.74) is 0. The van der Waals surface area contributed by atoms with Gasteiger partial charge in [-0.05, 0) is 31.6 Å². The van der Waals surface area contributed by atoms with Crippen molar-refractivity contribution in [2.75, 3.05) is 24.6 Å². The van der Waals surface area contributed by atoms with Crippen molar-refractivity contribution in [1.82, 2.24) is 10.2 Å². The first-order chi connectivity index (χ1) is 10.4. The van der Waals surface area contributed by atoms with E-state index < -0.39 is 9.84 Å². The molecule has 22 heavy (non-hydrogen) atoms. The summed E-state index contributed by atoms with van der Waals surface area (Å²) in [4.78, 5) is 26.4. The standard InChI is InChI=1S/C15H24N2O4S/c1-10-2-5-17(6-3-10)15(19)13-8-12(13)14(18)16-11-4-7-22(20,21)9-11/h10-13H,2-9H2,1H3,(H,16,18). The van der Waals surface area contributed by atoms with Crippen molar-refractivity contribution in [3.63, 3.8) is 0 Å². The quantitative estimate of drug-likeness (QED) is 0.801. The molecular formula is C15H24N2O4S. The predicted octanol–water partition coefficient (Wildman–Crippen LogP) is 0.184. The lowest BCUT2D eigenvalue weighted by molar-refractivity contribution is -0.136. The average molecular weight is 328 g/mol. The van der Waals surface area contributed by atoms with Gasteiger partial charge >= 0.3 is 0 Å². The van der Waals surface area contributed by atoms with Gasteiger partial charge in [0, 0.05) is 19.1 Å². The third-order valence-electron chi connectivity index (χ3n) is 5.12. The molecule has 0 aromatic carbocycles. The molecule has 0 spiro atoms. The molecule has 1 aliphatic carbocycles. The van der Waals surface area contributed by atoms with Crippen LogP contribution in [0, 0.1) is 17.8 Å². The molecule has 2 saturated heterocycles. The Balaban J connectivity index is 1.47. The molecule has 0 aromatic heterocycles. The molecule has 2 amide bonds. The molecule has 3 atom stereocenters. The van der Waals surface area contributed by atoms with Gasteiger partial charge in [-0.1, -0.05) is 6.92 Å². The van der Waals surface area contributed by atoms with E-state index in [1.165, 1.54) is 0 Å². The van der Waals surface area contributed by atoms with Crippen LogP contribution in [0.5, 0.6) is 0 Å². The Bertz CT molecular complexity index is 566. The molecule has 124 valence electrons. The van der Waals surface area contributed by atoms with Gasteiger partial charge in [0.2, 0.25) is 11.8 Å². The maximum absolute atomic E-state index is 12.4. The van der Waals surface area contributed by atoms with Crippen LogP contribution in [0.1, 0.15) is 32.6 Å². The Labute approximate surface area is 131 Å². The number of amides is 2. The van der Waals surface area contributed by atoms with E-state index in [4.69, 9.17) is 0 Å². The van der Waals surface area contributed by atoms with Crippen molar-refractivity contribution in [3.05, 3.63) is 0 Å². The van der Waals surface area contributed by atoms with Gasteiger partial charge in [0.1, 0.15) is 0 Å². The number of hydrogen-bond acceptors (Lipinski definition) is 4. The van der Waals surface area contributed by atoms with Crippen molar-refractivity contribution in [1.29, 1.82) is 0 Å². The van der Waals surface area contributed by atoms with Crippen molar-refractivity contribution in [3.8, 4) is 0 Å². The number of nitrogens with one attached hydrogen (secondary N) is 1. The first-order valence-corrected chi connectivity index (χ1v) is 9.97. The average Bonchev–Trinajstić information content (AvgIpc) is 3.19. The first kappa shape index (κ1) is 15.8. The zero-order valence-electron chi connectivity index (χ0n) is 13.0. The zero-order chi connectivity index (χ0) is 15.9. The predicted molar refractivity (Wildman–Crippen MR) is 81.8 cm³/mol. The van der Waals surface area contributed by atoms with Gasteiger partial charge in [-0.15, -0.1) is 0 Å². The molecular weight excluding hydrogens is 304 g/mol. The van der Waals surface area contributed by atoms with Gasteiger partial charge in [0.25, 0.3) is 0 Å². The fourth-order valence-corrected chi connectivity index (χ4v) is 5.11. The van der Waals surface area contributed by atoms with Crippen LogP contribution >= 0.6 is 0 Å². The number of sulfone groups is 1. The molecule has 2 aliphatic heterocycles. The van der Waals surface area contributed by atoms with Crippen molar-refractivity contribution in [2.45, 2.75) is 38.6 Å². The maximum atomic E-state index is 12.4. The monoisotopic (exact) mass is 328 g/mol. The number of rotatable bonds is 3. The second-order valence-electron chi connectivity index (χ2n) is 7.07. The molecule has 0 radical (unpaired) electrons. The molecule has 1 saturated carbocycles. The number of carbonyl (C=O) groups excluding carboxylic acids is 2. The first-order valence-electron chi connectivity index (χ1n) is 8.15. The molecule has 7 heteroatoms. The van der Waals surface area contributed by atoms with Crippen LogP contribution in [-0.4, -0.2) is 55.8 Å². The Morgan fingerprint density at radius 1 is 1.09 bits per heavy atom. The van der Waals surface area contributed by atoms with E-state index in [2.05, 4.69) is 12.2 Å². The van der Waals surface area contributed by atoms with Crippen LogP contribution in [0.2, 0.25) is 0 Å². The van der Waals surface area contributed by atoms with Crippen LogP contribution in [0.3, 0.4) is 0 Å². The molecule has 3 rings (SSSR count). The fourth-order valence-electron chi connectivity index (χ4n) is 3.44. The normalized spacial score (nSPS) is 34.4. The molecule has 6 nitrogen and oxygen atoms in total. The highest BCUT2D eigenvalue weighted by atomic mass is 32.2. The number of carbonyl (C=O) groups is 2. The van der Waals surface area contributed by atoms with Crippen LogP contribution < -0.4 is 5.32 Å². The summed E-state index contributed by atoms with van der Waals surface area (Å²) >= 11 is 0. The van der Waals surface area contributed by atoms with Crippen molar-refractivity contribution < 1.29 is 18.0 Å². The number of piperidine rings is 1. The zero-order valence-corrected chi connectivity index (χ0v) is 13.8. The number of hydrogen-bond donors (Lipinski definition) is 1. The third kappa shape index (κ3) is 3.45. The minimum atomic E-state index is -2.99. The number of nitrogens with zero attached hydrogens (tertiary/aromatic N) is 1. The Morgan fingerprint density at radius 2 is 1.77 bits per heavy atom. The molecule has 3 unspecified atom stereocenters. The van der Waals surface area contributed by atoms with Gasteiger partial charge in [-0.3, -0.25) is 9.59 Å². The van der Waals surface area contributed by atoms with Crippen molar-refractivity contribution in [2.24, 2.45) is 17.8 Å². The summed E-state index contributed by atoms with van der Waals surface area (Å²) in [6.07, 6.45) is 3.17. The molecule has 0 bridgehead atoms. The summed E-state index contributed by atoms with van der Waals surface area (Å²) in [5, 5.41) is 2.80. The molecule has 0 aromatic rings. The lowest BCUT2D eigenvalue weighted by Gasteiger charge is -2.30. The van der Waals surface area contributed by atoms with E-state index >= 15 is 0 Å². The summed E-state index contributed by atoms with van der Waals surface area (Å²) in [6, 6.07) is -0.273. The van der Waals surface area contributed by atoms with E-state index in [1.54, 1.807) is 0 Å². The minimum absolute atomic E-state index is 0.0358. The van der Waals surface area contributed by atoms with Crippen molar-refractivity contribution >= 4 is 21.7 Å². The van der Waals surface area contributed by atoms with E-state index in [1.807, 2.05) is 4.90 Å². The topological polar surface area (TPSA) is 83.6 Å². The van der Waals surface area contributed by atoms with Crippen LogP contribution in [0.25, 0.3) is 0 Å². The summed E-state index contributed by atoms with van der Waals surface area (Å²) in [7, 11) is -2.99. The number of likely N-dealkylation sites (tertiary alicyclic amines) is 1. The van der Waals surface area contributed by atoms with Crippen LogP contribution in [0.15, 0.2) is 0 Å². The fraction of sp³-hybridized carbons (Fsp3) is 0.867. The molecule has 1 N–H and O–H groups in total. The van der Waals surface area contributed by atoms with E-state index in [0.29, 0.717) is 18.8 Å². The van der Waals surface area contributed by atoms with Crippen LogP contribution in [-0.2, 0) is 19.4 Å². The van der Waals surface area contributed by atoms with Crippen LogP contribution in [0.4, 0.5) is 0 Å². The van der Waals surface area contributed by atoms with E-state index in [0.717, 1.165) is 25.9 Å². The minimum Gasteiger partial charge on any atom is -0.352 e.